The second kappa shape index (κ2) is 10.4. The number of amides is 3. The van der Waals surface area contributed by atoms with Crippen molar-refractivity contribution < 1.29 is 14.4 Å². The Morgan fingerprint density at radius 1 is 0.862 bits per heavy atom. The average Bonchev–Trinajstić information content (AvgIpc) is 2.93. The molecule has 0 unspecified atom stereocenters. The van der Waals surface area contributed by atoms with Crippen LogP contribution < -0.4 is 0 Å². The zero-order valence-electron chi connectivity index (χ0n) is 19.1. The molecule has 3 amide bonds. The molecule has 0 aromatic carbocycles. The van der Waals surface area contributed by atoms with Crippen LogP contribution in [0.25, 0.3) is 0 Å². The highest BCUT2D eigenvalue weighted by Crippen LogP contribution is 2.25. The monoisotopic (exact) mass is 408 g/mol. The maximum Gasteiger partial charge on any atom is 0.236 e. The molecule has 7 nitrogen and oxygen atoms in total. The molecule has 7 heteroatoms. The van der Waals surface area contributed by atoms with E-state index in [1.165, 1.54) is 0 Å². The molecule has 2 aliphatic heterocycles. The first-order valence-corrected chi connectivity index (χ1v) is 11.3. The van der Waals surface area contributed by atoms with E-state index in [1.807, 2.05) is 49.3 Å². The Kier molecular flexibility index (Phi) is 8.49. The Hall–Kier alpha value is -1.63. The molecule has 0 radical (unpaired) electrons. The number of carbonyl (C=O) groups is 3. The summed E-state index contributed by atoms with van der Waals surface area (Å²) in [7, 11) is 0. The lowest BCUT2D eigenvalue weighted by Crippen LogP contribution is -2.48. The molecule has 0 atom stereocenters. The first kappa shape index (κ1) is 23.6. The predicted molar refractivity (Wildman–Crippen MR) is 114 cm³/mol. The number of likely N-dealkylation sites (tertiary alicyclic amines) is 1. The molecule has 0 saturated carbocycles. The zero-order valence-corrected chi connectivity index (χ0v) is 19.1. The topological polar surface area (TPSA) is 64.2 Å². The number of rotatable bonds is 5. The Balaban J connectivity index is 1.82. The minimum absolute atomic E-state index is 0.0166. The van der Waals surface area contributed by atoms with E-state index >= 15 is 0 Å². The molecular formula is C22H40N4O3. The lowest BCUT2D eigenvalue weighted by molar-refractivity contribution is -0.144. The normalized spacial score (nSPS) is 19.8. The van der Waals surface area contributed by atoms with Gasteiger partial charge in [-0.1, -0.05) is 20.8 Å². The van der Waals surface area contributed by atoms with Crippen LogP contribution >= 0.6 is 0 Å². The van der Waals surface area contributed by atoms with Crippen LogP contribution in [0.5, 0.6) is 0 Å². The van der Waals surface area contributed by atoms with Gasteiger partial charge >= 0.3 is 0 Å². The molecule has 0 aromatic heterocycles. The van der Waals surface area contributed by atoms with Gasteiger partial charge in [0.1, 0.15) is 0 Å². The summed E-state index contributed by atoms with van der Waals surface area (Å²) in [6, 6.07) is 0. The molecular weight excluding hydrogens is 368 g/mol. The Morgan fingerprint density at radius 3 is 2.03 bits per heavy atom. The number of carbonyl (C=O) groups excluding carboxylic acids is 3. The van der Waals surface area contributed by atoms with E-state index in [9.17, 15) is 14.4 Å². The molecule has 2 heterocycles. The lowest BCUT2D eigenvalue weighted by Gasteiger charge is -2.36. The molecule has 0 bridgehead atoms. The van der Waals surface area contributed by atoms with Crippen LogP contribution in [0.15, 0.2) is 0 Å². The second-order valence-corrected chi connectivity index (χ2v) is 9.34. The summed E-state index contributed by atoms with van der Waals surface area (Å²) in [5.74, 6) is 0.588. The van der Waals surface area contributed by atoms with Crippen molar-refractivity contribution in [1.29, 1.82) is 0 Å². The van der Waals surface area contributed by atoms with E-state index in [4.69, 9.17) is 0 Å². The highest BCUT2D eigenvalue weighted by molar-refractivity contribution is 5.83. The van der Waals surface area contributed by atoms with Crippen molar-refractivity contribution in [3.8, 4) is 0 Å². The molecule has 2 aliphatic rings. The quantitative estimate of drug-likeness (QED) is 0.694. The third kappa shape index (κ3) is 6.43. The molecule has 0 N–H and O–H groups in total. The van der Waals surface area contributed by atoms with Gasteiger partial charge < -0.3 is 14.7 Å². The van der Waals surface area contributed by atoms with Gasteiger partial charge in [0.15, 0.2) is 0 Å². The summed E-state index contributed by atoms with van der Waals surface area (Å²) >= 11 is 0. The number of hydrogen-bond acceptors (Lipinski definition) is 4. The number of piperidine rings is 1. The van der Waals surface area contributed by atoms with Crippen molar-refractivity contribution in [2.24, 2.45) is 11.3 Å². The molecule has 0 aliphatic carbocycles. The average molecular weight is 409 g/mol. The minimum atomic E-state index is -0.367. The summed E-state index contributed by atoms with van der Waals surface area (Å²) in [4.78, 5) is 45.8. The second-order valence-electron chi connectivity index (χ2n) is 9.34. The van der Waals surface area contributed by atoms with Gasteiger partial charge in [-0.3, -0.25) is 19.3 Å². The number of nitrogens with zero attached hydrogens (tertiary/aromatic N) is 4. The van der Waals surface area contributed by atoms with Gasteiger partial charge in [-0.15, -0.1) is 0 Å². The van der Waals surface area contributed by atoms with Crippen LogP contribution in [0.1, 0.15) is 53.9 Å². The smallest absolute Gasteiger partial charge is 0.236 e. The van der Waals surface area contributed by atoms with Crippen molar-refractivity contribution >= 4 is 17.7 Å². The van der Waals surface area contributed by atoms with Gasteiger partial charge in [-0.25, -0.2) is 0 Å². The molecule has 2 saturated heterocycles. The molecule has 0 aromatic rings. The third-order valence-electron chi connectivity index (χ3n) is 6.15. The number of hydrogen-bond donors (Lipinski definition) is 0. The van der Waals surface area contributed by atoms with Crippen molar-refractivity contribution in [3.05, 3.63) is 0 Å². The predicted octanol–water partition coefficient (Wildman–Crippen LogP) is 1.67. The number of likely N-dealkylation sites (N-methyl/N-ethyl adjacent to an activating group) is 1. The van der Waals surface area contributed by atoms with Gasteiger partial charge in [0.25, 0.3) is 0 Å². The summed E-state index contributed by atoms with van der Waals surface area (Å²) in [5.41, 5.74) is -0.367. The maximum atomic E-state index is 13.0. The fraction of sp³-hybridized carbons (Fsp3) is 0.864. The van der Waals surface area contributed by atoms with Gasteiger partial charge in [0, 0.05) is 63.7 Å². The fourth-order valence-corrected chi connectivity index (χ4v) is 4.28. The van der Waals surface area contributed by atoms with Gasteiger partial charge in [-0.2, -0.15) is 0 Å². The van der Waals surface area contributed by atoms with E-state index in [-0.39, 0.29) is 29.1 Å². The molecule has 0 spiro atoms. The maximum absolute atomic E-state index is 13.0. The Morgan fingerprint density at radius 2 is 1.48 bits per heavy atom. The van der Waals surface area contributed by atoms with Crippen LogP contribution in [0, 0.1) is 11.3 Å². The Bertz CT molecular complexity index is 575. The van der Waals surface area contributed by atoms with Crippen LogP contribution in [0.2, 0.25) is 0 Å². The van der Waals surface area contributed by atoms with Crippen molar-refractivity contribution in [2.75, 3.05) is 58.9 Å². The summed E-state index contributed by atoms with van der Waals surface area (Å²) in [5, 5.41) is 0. The van der Waals surface area contributed by atoms with Crippen molar-refractivity contribution in [2.45, 2.75) is 53.9 Å². The highest BCUT2D eigenvalue weighted by Gasteiger charge is 2.34. The van der Waals surface area contributed by atoms with Gasteiger partial charge in [0.05, 0.1) is 6.54 Å². The minimum Gasteiger partial charge on any atom is -0.342 e. The van der Waals surface area contributed by atoms with Crippen molar-refractivity contribution in [1.82, 2.24) is 19.6 Å². The van der Waals surface area contributed by atoms with E-state index in [1.54, 1.807) is 0 Å². The van der Waals surface area contributed by atoms with Gasteiger partial charge in [0.2, 0.25) is 17.7 Å². The van der Waals surface area contributed by atoms with Gasteiger partial charge in [-0.05, 0) is 33.1 Å². The SMILES string of the molecule is CCN(CC)C(=O)CN1CCCN(C(=O)C2CCN(C(=O)C(C)(C)C)CC2)CC1. The molecule has 166 valence electrons. The molecule has 29 heavy (non-hydrogen) atoms. The van der Waals surface area contributed by atoms with Crippen molar-refractivity contribution in [3.63, 3.8) is 0 Å². The lowest BCUT2D eigenvalue weighted by atomic mass is 9.90. The molecule has 2 fully saturated rings. The first-order chi connectivity index (χ1) is 13.7. The zero-order chi connectivity index (χ0) is 21.6. The van der Waals surface area contributed by atoms with E-state index in [2.05, 4.69) is 4.90 Å². The summed E-state index contributed by atoms with van der Waals surface area (Å²) in [6.45, 7) is 16.2. The van der Waals surface area contributed by atoms with E-state index in [0.717, 1.165) is 52.0 Å². The van der Waals surface area contributed by atoms with E-state index in [0.29, 0.717) is 26.2 Å². The van der Waals surface area contributed by atoms with Crippen LogP contribution in [-0.4, -0.2) is 96.2 Å². The fourth-order valence-electron chi connectivity index (χ4n) is 4.28. The summed E-state index contributed by atoms with van der Waals surface area (Å²) in [6.07, 6.45) is 2.40. The van der Waals surface area contributed by atoms with Crippen LogP contribution in [-0.2, 0) is 14.4 Å². The highest BCUT2D eigenvalue weighted by atomic mass is 16.2. The Labute approximate surface area is 176 Å². The molecule has 2 rings (SSSR count). The largest absolute Gasteiger partial charge is 0.342 e. The summed E-state index contributed by atoms with van der Waals surface area (Å²) < 4.78 is 0. The van der Waals surface area contributed by atoms with E-state index < -0.39 is 0 Å². The van der Waals surface area contributed by atoms with Crippen LogP contribution in [0.3, 0.4) is 0 Å². The third-order valence-corrected chi connectivity index (χ3v) is 6.15. The standard InChI is InChI=1S/C22H40N4O3/c1-6-24(7-2)19(27)17-23-11-8-12-25(16-15-23)20(28)18-9-13-26(14-10-18)21(29)22(3,4)5/h18H,6-17H2,1-5H3. The first-order valence-electron chi connectivity index (χ1n) is 11.3. The van der Waals surface area contributed by atoms with Crippen LogP contribution in [0.4, 0.5) is 0 Å².